The zero-order valence-electron chi connectivity index (χ0n) is 24.9. The van der Waals surface area contributed by atoms with Gasteiger partial charge in [-0.3, -0.25) is 14.5 Å². The Morgan fingerprint density at radius 2 is 1.21 bits per heavy atom. The maximum absolute atomic E-state index is 13.8. The summed E-state index contributed by atoms with van der Waals surface area (Å²) >= 11 is 0. The average molecular weight is 575 g/mol. The average Bonchev–Trinajstić information content (AvgIpc) is 3.08. The maximum atomic E-state index is 13.8. The number of methoxy groups -OCH3 is 1. The molecule has 6 rings (SSSR count). The van der Waals surface area contributed by atoms with E-state index < -0.39 is 0 Å². The second-order valence-electron chi connectivity index (χ2n) is 11.4. The van der Waals surface area contributed by atoms with Crippen molar-refractivity contribution >= 4 is 11.8 Å². The highest BCUT2D eigenvalue weighted by atomic mass is 16.5. The number of rotatable bonds is 6. The van der Waals surface area contributed by atoms with Gasteiger partial charge in [-0.25, -0.2) is 4.98 Å². The molecule has 0 spiro atoms. The van der Waals surface area contributed by atoms with Gasteiger partial charge in [-0.1, -0.05) is 66.7 Å². The van der Waals surface area contributed by atoms with E-state index in [0.717, 1.165) is 72.8 Å². The van der Waals surface area contributed by atoms with Gasteiger partial charge in [0.25, 0.3) is 11.8 Å². The number of piperazine rings is 1. The van der Waals surface area contributed by atoms with Gasteiger partial charge >= 0.3 is 0 Å². The number of pyridine rings is 1. The van der Waals surface area contributed by atoms with E-state index in [1.165, 1.54) is 0 Å². The first-order valence-corrected chi connectivity index (χ1v) is 15.1. The van der Waals surface area contributed by atoms with Crippen molar-refractivity contribution in [2.45, 2.75) is 25.8 Å². The molecule has 2 amide bonds. The summed E-state index contributed by atoms with van der Waals surface area (Å²) in [6.45, 7) is 6.49. The summed E-state index contributed by atoms with van der Waals surface area (Å²) in [7, 11) is 1.64. The number of aryl methyl sites for hydroxylation is 1. The number of ether oxygens (including phenoxy) is 1. The van der Waals surface area contributed by atoms with E-state index in [1.807, 2.05) is 108 Å². The highest BCUT2D eigenvalue weighted by molar-refractivity contribution is 5.96. The number of amides is 2. The predicted octanol–water partition coefficient (Wildman–Crippen LogP) is 5.80. The van der Waals surface area contributed by atoms with Crippen LogP contribution >= 0.6 is 0 Å². The van der Waals surface area contributed by atoms with Crippen LogP contribution in [0.5, 0.6) is 5.75 Å². The third kappa shape index (κ3) is 6.32. The van der Waals surface area contributed by atoms with Gasteiger partial charge in [-0.2, -0.15) is 0 Å². The Morgan fingerprint density at radius 1 is 0.674 bits per heavy atom. The normalized spacial score (nSPS) is 16.2. The second kappa shape index (κ2) is 12.8. The van der Waals surface area contributed by atoms with Gasteiger partial charge in [-0.05, 0) is 49.6 Å². The molecule has 2 saturated heterocycles. The van der Waals surface area contributed by atoms with Crippen molar-refractivity contribution in [3.63, 3.8) is 0 Å². The lowest BCUT2D eigenvalue weighted by Crippen LogP contribution is -2.54. The van der Waals surface area contributed by atoms with Crippen LogP contribution in [-0.4, -0.2) is 83.9 Å². The van der Waals surface area contributed by atoms with E-state index in [9.17, 15) is 9.59 Å². The van der Waals surface area contributed by atoms with Crippen LogP contribution in [0.1, 0.15) is 39.1 Å². The number of hydrogen-bond donors (Lipinski definition) is 0. The van der Waals surface area contributed by atoms with Crippen molar-refractivity contribution in [2.75, 3.05) is 46.4 Å². The number of carbonyl (C=O) groups excluding carboxylic acids is 2. The zero-order chi connectivity index (χ0) is 29.8. The van der Waals surface area contributed by atoms with E-state index in [-0.39, 0.29) is 11.8 Å². The fourth-order valence-electron chi connectivity index (χ4n) is 6.21. The van der Waals surface area contributed by atoms with Gasteiger partial charge in [0.1, 0.15) is 5.75 Å². The van der Waals surface area contributed by atoms with Crippen LogP contribution in [0.15, 0.2) is 91.0 Å². The number of piperidine rings is 1. The number of benzene rings is 3. The quantitative estimate of drug-likeness (QED) is 0.292. The van der Waals surface area contributed by atoms with E-state index in [0.29, 0.717) is 30.3 Å². The largest absolute Gasteiger partial charge is 0.496 e. The first kappa shape index (κ1) is 28.6. The molecule has 0 bridgehead atoms. The Hall–Kier alpha value is -4.49. The van der Waals surface area contributed by atoms with Crippen molar-refractivity contribution in [3.05, 3.63) is 108 Å². The fraction of sp³-hybridized carbons (Fsp3) is 0.306. The van der Waals surface area contributed by atoms with Gasteiger partial charge < -0.3 is 14.5 Å². The Balaban J connectivity index is 1.09. The zero-order valence-corrected chi connectivity index (χ0v) is 24.9. The molecule has 3 heterocycles. The number of carbonyl (C=O) groups is 2. The Labute approximate surface area is 253 Å². The first-order chi connectivity index (χ1) is 21.0. The van der Waals surface area contributed by atoms with Crippen molar-refractivity contribution in [2.24, 2.45) is 0 Å². The number of nitrogens with zero attached hydrogens (tertiary/aromatic N) is 4. The molecule has 4 aromatic rings. The molecule has 0 N–H and O–H groups in total. The van der Waals surface area contributed by atoms with Crippen molar-refractivity contribution in [3.8, 4) is 28.3 Å². The summed E-state index contributed by atoms with van der Waals surface area (Å²) in [6.07, 6.45) is 1.88. The molecule has 2 aliphatic heterocycles. The van der Waals surface area contributed by atoms with Crippen LogP contribution in [0.25, 0.3) is 22.5 Å². The van der Waals surface area contributed by atoms with E-state index in [4.69, 9.17) is 9.72 Å². The molecule has 0 aliphatic carbocycles. The molecule has 0 atom stereocenters. The van der Waals surface area contributed by atoms with Crippen LogP contribution in [0.2, 0.25) is 0 Å². The van der Waals surface area contributed by atoms with Gasteiger partial charge in [0.15, 0.2) is 0 Å². The molecule has 43 heavy (non-hydrogen) atoms. The smallest absolute Gasteiger partial charge is 0.254 e. The van der Waals surface area contributed by atoms with Crippen molar-refractivity contribution in [1.82, 2.24) is 19.7 Å². The molecule has 0 radical (unpaired) electrons. The monoisotopic (exact) mass is 574 g/mol. The standard InChI is InChI=1S/C36H38N4O3/c1-26-13-14-29(25-34(26)43-2)35(41)39-17-15-31(16-18-39)38-19-21-40(22-20-38)36(42)30-23-32(27-9-5-3-6-10-27)37-33(24-30)28-11-7-4-8-12-28/h3-14,23-25,31H,15-22H2,1-2H3. The van der Waals surface area contributed by atoms with Crippen LogP contribution in [0, 0.1) is 6.92 Å². The summed E-state index contributed by atoms with van der Waals surface area (Å²) in [5, 5.41) is 0. The summed E-state index contributed by atoms with van der Waals surface area (Å²) in [5.41, 5.74) is 5.95. The minimum atomic E-state index is 0.0466. The lowest BCUT2D eigenvalue weighted by Gasteiger charge is -2.42. The minimum Gasteiger partial charge on any atom is -0.496 e. The fourth-order valence-corrected chi connectivity index (χ4v) is 6.21. The van der Waals surface area contributed by atoms with Crippen molar-refractivity contribution in [1.29, 1.82) is 0 Å². The molecule has 0 unspecified atom stereocenters. The first-order valence-electron chi connectivity index (χ1n) is 15.1. The molecule has 1 aromatic heterocycles. The van der Waals surface area contributed by atoms with E-state index in [2.05, 4.69) is 4.90 Å². The van der Waals surface area contributed by atoms with Gasteiger partial charge in [0.2, 0.25) is 0 Å². The topological polar surface area (TPSA) is 66.0 Å². The van der Waals surface area contributed by atoms with Crippen molar-refractivity contribution < 1.29 is 14.3 Å². The lowest BCUT2D eigenvalue weighted by atomic mass is 10.0. The summed E-state index contributed by atoms with van der Waals surface area (Å²) in [5.74, 6) is 0.854. The number of aromatic nitrogens is 1. The van der Waals surface area contributed by atoms with Crippen LogP contribution in [0.4, 0.5) is 0 Å². The maximum Gasteiger partial charge on any atom is 0.254 e. The molecule has 7 nitrogen and oxygen atoms in total. The van der Waals surface area contributed by atoms with Gasteiger partial charge in [-0.15, -0.1) is 0 Å². The van der Waals surface area contributed by atoms with Crippen LogP contribution in [0.3, 0.4) is 0 Å². The van der Waals surface area contributed by atoms with E-state index >= 15 is 0 Å². The third-order valence-electron chi connectivity index (χ3n) is 8.74. The summed E-state index contributed by atoms with van der Waals surface area (Å²) in [4.78, 5) is 38.3. The SMILES string of the molecule is COc1cc(C(=O)N2CCC(N3CCN(C(=O)c4cc(-c5ccccc5)nc(-c5ccccc5)c4)CC3)CC2)ccc1C. The highest BCUT2D eigenvalue weighted by Gasteiger charge is 2.31. The molecular weight excluding hydrogens is 536 g/mol. The van der Waals surface area contributed by atoms with E-state index in [1.54, 1.807) is 7.11 Å². The Bertz CT molecular complexity index is 1520. The molecule has 0 saturated carbocycles. The second-order valence-corrected chi connectivity index (χ2v) is 11.4. The van der Waals surface area contributed by atoms with Crippen LogP contribution in [-0.2, 0) is 0 Å². The summed E-state index contributed by atoms with van der Waals surface area (Å²) < 4.78 is 5.42. The molecule has 3 aromatic carbocycles. The number of hydrogen-bond acceptors (Lipinski definition) is 5. The minimum absolute atomic E-state index is 0.0466. The summed E-state index contributed by atoms with van der Waals surface area (Å²) in [6, 6.07) is 30.0. The van der Waals surface area contributed by atoms with Gasteiger partial charge in [0, 0.05) is 67.6 Å². The Kier molecular flexibility index (Phi) is 8.52. The molecule has 7 heteroatoms. The third-order valence-corrected chi connectivity index (χ3v) is 8.74. The lowest BCUT2D eigenvalue weighted by molar-refractivity contribution is 0.0412. The molecule has 2 fully saturated rings. The highest BCUT2D eigenvalue weighted by Crippen LogP contribution is 2.27. The molecule has 220 valence electrons. The molecular formula is C36H38N4O3. The molecule has 2 aliphatic rings. The van der Waals surface area contributed by atoms with Crippen LogP contribution < -0.4 is 4.74 Å². The van der Waals surface area contributed by atoms with Gasteiger partial charge in [0.05, 0.1) is 18.5 Å². The Morgan fingerprint density at radius 3 is 1.77 bits per heavy atom. The number of likely N-dealkylation sites (tertiary alicyclic amines) is 1. The predicted molar refractivity (Wildman–Crippen MR) is 169 cm³/mol.